The Balaban J connectivity index is 2.00. The van der Waals surface area contributed by atoms with Crippen molar-refractivity contribution < 1.29 is 4.79 Å². The van der Waals surface area contributed by atoms with Crippen LogP contribution in [0.2, 0.25) is 0 Å². The molecule has 3 rings (SSSR count). The highest BCUT2D eigenvalue weighted by Gasteiger charge is 2.19. The van der Waals surface area contributed by atoms with Crippen molar-refractivity contribution in [1.29, 1.82) is 0 Å². The smallest absolute Gasteiger partial charge is 0.251 e. The van der Waals surface area contributed by atoms with Crippen LogP contribution in [0.4, 0.5) is 0 Å². The molecule has 1 atom stereocenters. The van der Waals surface area contributed by atoms with Crippen molar-refractivity contribution in [2.45, 2.75) is 25.8 Å². The summed E-state index contributed by atoms with van der Waals surface area (Å²) in [6.07, 6.45) is 1.84. The quantitative estimate of drug-likeness (QED) is 0.908. The molecule has 0 bridgehead atoms. The van der Waals surface area contributed by atoms with E-state index < -0.39 is 0 Å². The summed E-state index contributed by atoms with van der Waals surface area (Å²) in [4.78, 5) is 12.0. The van der Waals surface area contributed by atoms with E-state index in [0.717, 1.165) is 41.6 Å². The Hall–Kier alpha value is -2.13. The highest BCUT2D eigenvalue weighted by Crippen LogP contribution is 2.26. The van der Waals surface area contributed by atoms with Crippen LogP contribution in [-0.2, 0) is 12.8 Å². The standard InChI is InChI=1S/C18H20N2O/c1-2-12-5-3-4-6-15(12)17(19)14-8-7-13-9-10-20-18(21)16(13)11-14/h3-8,11,17H,2,9-10,19H2,1H3,(H,20,21). The van der Waals surface area contributed by atoms with Gasteiger partial charge in [0.25, 0.3) is 5.91 Å². The maximum Gasteiger partial charge on any atom is 0.251 e. The molecule has 1 heterocycles. The summed E-state index contributed by atoms with van der Waals surface area (Å²) in [5, 5.41) is 2.89. The number of nitrogens with one attached hydrogen (secondary N) is 1. The Morgan fingerprint density at radius 3 is 2.86 bits per heavy atom. The number of hydrogen-bond donors (Lipinski definition) is 2. The third kappa shape index (κ3) is 2.57. The number of rotatable bonds is 3. The molecule has 2 aromatic rings. The Labute approximate surface area is 125 Å². The number of carbonyl (C=O) groups is 1. The zero-order valence-corrected chi connectivity index (χ0v) is 12.2. The van der Waals surface area contributed by atoms with Crippen LogP contribution < -0.4 is 11.1 Å². The fourth-order valence-corrected chi connectivity index (χ4v) is 2.96. The zero-order chi connectivity index (χ0) is 14.8. The molecule has 3 N–H and O–H groups in total. The zero-order valence-electron chi connectivity index (χ0n) is 12.2. The number of aryl methyl sites for hydroxylation is 1. The molecule has 0 radical (unpaired) electrons. The molecule has 0 aliphatic carbocycles. The lowest BCUT2D eigenvalue weighted by Gasteiger charge is -2.21. The fraction of sp³-hybridized carbons (Fsp3) is 0.278. The second kappa shape index (κ2) is 5.70. The summed E-state index contributed by atoms with van der Waals surface area (Å²) < 4.78 is 0. The minimum absolute atomic E-state index is 0.00840. The molecule has 2 aromatic carbocycles. The van der Waals surface area contributed by atoms with Crippen molar-refractivity contribution in [1.82, 2.24) is 5.32 Å². The fourth-order valence-electron chi connectivity index (χ4n) is 2.96. The van der Waals surface area contributed by atoms with Crippen LogP contribution in [0.5, 0.6) is 0 Å². The van der Waals surface area contributed by atoms with E-state index in [2.05, 4.69) is 30.4 Å². The third-order valence-electron chi connectivity index (χ3n) is 4.19. The van der Waals surface area contributed by atoms with Crippen LogP contribution in [0.15, 0.2) is 42.5 Å². The predicted molar refractivity (Wildman–Crippen MR) is 84.3 cm³/mol. The van der Waals surface area contributed by atoms with Gasteiger partial charge in [-0.05, 0) is 41.2 Å². The average molecular weight is 280 g/mol. The van der Waals surface area contributed by atoms with Crippen LogP contribution in [0.25, 0.3) is 0 Å². The van der Waals surface area contributed by atoms with Crippen LogP contribution in [0, 0.1) is 0 Å². The average Bonchev–Trinajstić information content (AvgIpc) is 2.54. The number of fused-ring (bicyclic) bond motifs is 1. The van der Waals surface area contributed by atoms with Gasteiger partial charge < -0.3 is 11.1 Å². The van der Waals surface area contributed by atoms with Crippen molar-refractivity contribution >= 4 is 5.91 Å². The van der Waals surface area contributed by atoms with Gasteiger partial charge in [0.15, 0.2) is 0 Å². The molecule has 3 nitrogen and oxygen atoms in total. The van der Waals surface area contributed by atoms with Gasteiger partial charge in [0.05, 0.1) is 6.04 Å². The summed E-state index contributed by atoms with van der Waals surface area (Å²) in [5.41, 5.74) is 11.7. The lowest BCUT2D eigenvalue weighted by molar-refractivity contribution is 0.0946. The monoisotopic (exact) mass is 280 g/mol. The molecule has 0 saturated heterocycles. The lowest BCUT2D eigenvalue weighted by atomic mass is 9.90. The van der Waals surface area contributed by atoms with E-state index in [4.69, 9.17) is 5.73 Å². The van der Waals surface area contributed by atoms with Gasteiger partial charge in [-0.3, -0.25) is 4.79 Å². The van der Waals surface area contributed by atoms with Gasteiger partial charge in [0, 0.05) is 12.1 Å². The van der Waals surface area contributed by atoms with Crippen LogP contribution in [0.3, 0.4) is 0 Å². The molecule has 108 valence electrons. The molecular weight excluding hydrogens is 260 g/mol. The van der Waals surface area contributed by atoms with Gasteiger partial charge in [0.1, 0.15) is 0 Å². The van der Waals surface area contributed by atoms with Crippen molar-refractivity contribution in [2.24, 2.45) is 5.73 Å². The molecule has 1 unspecified atom stereocenters. The van der Waals surface area contributed by atoms with Crippen molar-refractivity contribution in [3.8, 4) is 0 Å². The van der Waals surface area contributed by atoms with Gasteiger partial charge in [-0.25, -0.2) is 0 Å². The molecule has 0 fully saturated rings. The third-order valence-corrected chi connectivity index (χ3v) is 4.19. The van der Waals surface area contributed by atoms with Gasteiger partial charge in [-0.2, -0.15) is 0 Å². The lowest BCUT2D eigenvalue weighted by Crippen LogP contribution is -2.32. The van der Waals surface area contributed by atoms with Gasteiger partial charge in [-0.15, -0.1) is 0 Å². The van der Waals surface area contributed by atoms with E-state index in [1.165, 1.54) is 5.56 Å². The van der Waals surface area contributed by atoms with E-state index in [-0.39, 0.29) is 11.9 Å². The van der Waals surface area contributed by atoms with Crippen molar-refractivity contribution in [3.63, 3.8) is 0 Å². The van der Waals surface area contributed by atoms with Crippen molar-refractivity contribution in [2.75, 3.05) is 6.54 Å². The predicted octanol–water partition coefficient (Wildman–Crippen LogP) is 2.58. The molecule has 1 aliphatic rings. The van der Waals surface area contributed by atoms with E-state index in [9.17, 15) is 4.79 Å². The van der Waals surface area contributed by atoms with Gasteiger partial charge >= 0.3 is 0 Å². The van der Waals surface area contributed by atoms with Crippen molar-refractivity contribution in [3.05, 3.63) is 70.3 Å². The maximum atomic E-state index is 12.0. The number of nitrogens with two attached hydrogens (primary N) is 1. The topological polar surface area (TPSA) is 55.1 Å². The largest absolute Gasteiger partial charge is 0.352 e. The van der Waals surface area contributed by atoms with E-state index >= 15 is 0 Å². The molecule has 0 spiro atoms. The normalized spacial score (nSPS) is 15.2. The Morgan fingerprint density at radius 2 is 2.05 bits per heavy atom. The van der Waals surface area contributed by atoms with Crippen LogP contribution in [-0.4, -0.2) is 12.5 Å². The Morgan fingerprint density at radius 1 is 1.24 bits per heavy atom. The molecule has 3 heteroatoms. The SMILES string of the molecule is CCc1ccccc1C(N)c1ccc2c(c1)C(=O)NCC2. The summed E-state index contributed by atoms with van der Waals surface area (Å²) in [7, 11) is 0. The summed E-state index contributed by atoms with van der Waals surface area (Å²) in [5.74, 6) is 0.00840. The minimum Gasteiger partial charge on any atom is -0.352 e. The van der Waals surface area contributed by atoms with E-state index in [0.29, 0.717) is 0 Å². The number of amides is 1. The first kappa shape index (κ1) is 13.8. The van der Waals surface area contributed by atoms with E-state index in [1.807, 2.05) is 24.3 Å². The molecule has 0 aromatic heterocycles. The van der Waals surface area contributed by atoms with Gasteiger partial charge in [0.2, 0.25) is 0 Å². The Bertz CT molecular complexity index is 679. The summed E-state index contributed by atoms with van der Waals surface area (Å²) in [6, 6.07) is 14.1. The molecular formula is C18H20N2O. The first-order valence-electron chi connectivity index (χ1n) is 7.45. The molecule has 21 heavy (non-hydrogen) atoms. The Kier molecular flexibility index (Phi) is 3.76. The number of carbonyl (C=O) groups excluding carboxylic acids is 1. The minimum atomic E-state index is -0.193. The van der Waals surface area contributed by atoms with Gasteiger partial charge in [-0.1, -0.05) is 43.3 Å². The number of benzene rings is 2. The second-order valence-electron chi connectivity index (χ2n) is 5.45. The molecule has 1 amide bonds. The molecule has 1 aliphatic heterocycles. The van der Waals surface area contributed by atoms with Crippen LogP contribution >= 0.6 is 0 Å². The first-order valence-corrected chi connectivity index (χ1v) is 7.45. The maximum absolute atomic E-state index is 12.0. The van der Waals surface area contributed by atoms with Crippen LogP contribution in [0.1, 0.15) is 45.6 Å². The summed E-state index contributed by atoms with van der Waals surface area (Å²) in [6.45, 7) is 2.85. The highest BCUT2D eigenvalue weighted by molar-refractivity contribution is 5.96. The highest BCUT2D eigenvalue weighted by atomic mass is 16.1. The van der Waals surface area contributed by atoms with E-state index in [1.54, 1.807) is 0 Å². The summed E-state index contributed by atoms with van der Waals surface area (Å²) >= 11 is 0. The molecule has 0 saturated carbocycles. The number of hydrogen-bond acceptors (Lipinski definition) is 2. The first-order chi connectivity index (χ1) is 10.2. The second-order valence-corrected chi connectivity index (χ2v) is 5.45.